The summed E-state index contributed by atoms with van der Waals surface area (Å²) in [6, 6.07) is 21.0. The molecular weight excluding hydrogens is 349 g/mol. The van der Waals surface area contributed by atoms with Crippen LogP contribution in [0.4, 0.5) is 0 Å². The molecule has 28 heavy (non-hydrogen) atoms. The zero-order valence-electron chi connectivity index (χ0n) is 17.3. The van der Waals surface area contributed by atoms with Crippen LogP contribution in [0.15, 0.2) is 60.7 Å². The lowest BCUT2D eigenvalue weighted by molar-refractivity contribution is 0.00578. The van der Waals surface area contributed by atoms with Crippen molar-refractivity contribution in [3.8, 4) is 0 Å². The van der Waals surface area contributed by atoms with Crippen LogP contribution < -0.4 is 5.32 Å². The van der Waals surface area contributed by atoms with Gasteiger partial charge in [-0.2, -0.15) is 0 Å². The number of hydrogen-bond donors (Lipinski definition) is 1. The van der Waals surface area contributed by atoms with Crippen LogP contribution in [0.25, 0.3) is 0 Å². The molecule has 4 nitrogen and oxygen atoms in total. The Morgan fingerprint density at radius 2 is 1.39 bits per heavy atom. The molecule has 1 atom stereocenters. The summed E-state index contributed by atoms with van der Waals surface area (Å²) in [5, 5.41) is 3.67. The Balaban J connectivity index is 1.81. The van der Waals surface area contributed by atoms with Crippen LogP contribution in [0.3, 0.4) is 0 Å². The predicted octanol–water partition coefficient (Wildman–Crippen LogP) is 4.29. The molecule has 2 saturated heterocycles. The summed E-state index contributed by atoms with van der Waals surface area (Å²) in [6.07, 6.45) is 2.15. The molecule has 1 N–H and O–H groups in total. The Morgan fingerprint density at radius 3 is 1.82 bits per heavy atom. The standard InChI is InChI=1S/C23H30BNO3/c1-21(2)22(3,4)27-24(26-21)28-23(20-16-11-17-25-20,18-12-7-5-8-13-18)19-14-9-6-10-15-19/h5-10,12-15,20,25H,11,16-17H2,1-4H3/t20-/m0/s1. The summed E-state index contributed by atoms with van der Waals surface area (Å²) in [7, 11) is -0.743. The fourth-order valence-electron chi connectivity index (χ4n) is 4.18. The van der Waals surface area contributed by atoms with Crippen LogP contribution in [0.1, 0.15) is 51.7 Å². The summed E-state index contributed by atoms with van der Waals surface area (Å²) in [6.45, 7) is 9.19. The second kappa shape index (κ2) is 7.31. The lowest BCUT2D eigenvalue weighted by Gasteiger charge is -2.41. The minimum Gasteiger partial charge on any atom is -0.378 e. The molecule has 148 valence electrons. The highest BCUT2D eigenvalue weighted by atomic mass is 16.8. The highest BCUT2D eigenvalue weighted by Gasteiger charge is 2.57. The SMILES string of the molecule is CC1(C)OB(OC(c2ccccc2)(c2ccccc2)[C@@H]2CCCN2)OC1(C)C. The fourth-order valence-corrected chi connectivity index (χ4v) is 4.18. The summed E-state index contributed by atoms with van der Waals surface area (Å²) in [5.41, 5.74) is 0.630. The summed E-state index contributed by atoms with van der Waals surface area (Å²) in [5.74, 6) is 0. The van der Waals surface area contributed by atoms with E-state index in [4.69, 9.17) is 14.0 Å². The molecule has 0 spiro atoms. The van der Waals surface area contributed by atoms with E-state index in [1.807, 2.05) is 12.1 Å². The average molecular weight is 379 g/mol. The Bertz CT molecular complexity index is 733. The summed E-state index contributed by atoms with van der Waals surface area (Å²) < 4.78 is 19.3. The molecule has 2 aliphatic rings. The first-order valence-corrected chi connectivity index (χ1v) is 10.2. The van der Waals surface area contributed by atoms with Crippen LogP contribution in [0.5, 0.6) is 0 Å². The lowest BCUT2D eigenvalue weighted by Crippen LogP contribution is -2.51. The molecule has 2 heterocycles. The highest BCUT2D eigenvalue weighted by molar-refractivity contribution is 6.37. The lowest BCUT2D eigenvalue weighted by atomic mass is 9.78. The molecule has 0 aliphatic carbocycles. The van der Waals surface area contributed by atoms with E-state index >= 15 is 0 Å². The van der Waals surface area contributed by atoms with Gasteiger partial charge in [0.25, 0.3) is 0 Å². The highest BCUT2D eigenvalue weighted by Crippen LogP contribution is 2.44. The minimum absolute atomic E-state index is 0.135. The molecule has 2 fully saturated rings. The maximum atomic E-state index is 6.82. The Morgan fingerprint density at radius 1 is 0.893 bits per heavy atom. The van der Waals surface area contributed by atoms with Gasteiger partial charge in [-0.25, -0.2) is 0 Å². The van der Waals surface area contributed by atoms with Gasteiger partial charge in [-0.15, -0.1) is 0 Å². The number of rotatable bonds is 5. The average Bonchev–Trinajstić information content (AvgIpc) is 3.28. The van der Waals surface area contributed by atoms with Crippen LogP contribution in [0.2, 0.25) is 0 Å². The third kappa shape index (κ3) is 3.31. The van der Waals surface area contributed by atoms with Gasteiger partial charge in [-0.05, 0) is 58.2 Å². The van der Waals surface area contributed by atoms with E-state index in [0.717, 1.165) is 30.5 Å². The molecular formula is C23H30BNO3. The Hall–Kier alpha value is -1.66. The summed E-state index contributed by atoms with van der Waals surface area (Å²) >= 11 is 0. The molecule has 0 saturated carbocycles. The van der Waals surface area contributed by atoms with Crippen molar-refractivity contribution in [1.29, 1.82) is 0 Å². The topological polar surface area (TPSA) is 39.7 Å². The van der Waals surface area contributed by atoms with Crippen molar-refractivity contribution in [2.24, 2.45) is 0 Å². The first-order valence-electron chi connectivity index (χ1n) is 10.2. The van der Waals surface area contributed by atoms with Gasteiger partial charge in [0.05, 0.1) is 11.2 Å². The van der Waals surface area contributed by atoms with Gasteiger partial charge >= 0.3 is 7.32 Å². The quantitative estimate of drug-likeness (QED) is 0.787. The van der Waals surface area contributed by atoms with Gasteiger partial charge in [0.15, 0.2) is 0 Å². The molecule has 2 aliphatic heterocycles. The van der Waals surface area contributed by atoms with Gasteiger partial charge in [0.2, 0.25) is 0 Å². The molecule has 4 rings (SSSR count). The predicted molar refractivity (Wildman–Crippen MR) is 112 cm³/mol. The van der Waals surface area contributed by atoms with E-state index in [1.165, 1.54) is 0 Å². The van der Waals surface area contributed by atoms with Crippen molar-refractivity contribution in [1.82, 2.24) is 5.32 Å². The van der Waals surface area contributed by atoms with E-state index in [0.29, 0.717) is 0 Å². The third-order valence-corrected chi connectivity index (χ3v) is 6.47. The van der Waals surface area contributed by atoms with E-state index in [1.54, 1.807) is 0 Å². The maximum absolute atomic E-state index is 6.82. The largest absolute Gasteiger partial charge is 0.641 e. The van der Waals surface area contributed by atoms with Crippen molar-refractivity contribution in [2.75, 3.05) is 6.54 Å². The molecule has 0 aromatic heterocycles. The van der Waals surface area contributed by atoms with E-state index in [2.05, 4.69) is 81.5 Å². The zero-order valence-corrected chi connectivity index (χ0v) is 17.3. The normalized spacial score (nSPS) is 23.9. The van der Waals surface area contributed by atoms with E-state index < -0.39 is 24.1 Å². The van der Waals surface area contributed by atoms with Gasteiger partial charge in [0, 0.05) is 6.04 Å². The zero-order chi connectivity index (χ0) is 19.8. The van der Waals surface area contributed by atoms with Gasteiger partial charge in [-0.1, -0.05) is 60.7 Å². The monoisotopic (exact) mass is 379 g/mol. The van der Waals surface area contributed by atoms with Crippen LogP contribution >= 0.6 is 0 Å². The molecule has 0 amide bonds. The second-order valence-corrected chi connectivity index (χ2v) is 8.78. The number of hydrogen-bond acceptors (Lipinski definition) is 4. The van der Waals surface area contributed by atoms with Crippen molar-refractivity contribution >= 4 is 7.32 Å². The Kier molecular flexibility index (Phi) is 5.13. The van der Waals surface area contributed by atoms with Crippen LogP contribution in [-0.2, 0) is 19.6 Å². The maximum Gasteiger partial charge on any atom is 0.641 e. The van der Waals surface area contributed by atoms with Crippen molar-refractivity contribution < 1.29 is 14.0 Å². The fraction of sp³-hybridized carbons (Fsp3) is 0.478. The molecule has 0 bridgehead atoms. The van der Waals surface area contributed by atoms with Gasteiger partial charge < -0.3 is 19.3 Å². The third-order valence-electron chi connectivity index (χ3n) is 6.47. The van der Waals surface area contributed by atoms with E-state index in [-0.39, 0.29) is 6.04 Å². The second-order valence-electron chi connectivity index (χ2n) is 8.78. The minimum atomic E-state index is -0.743. The van der Waals surface area contributed by atoms with Crippen molar-refractivity contribution in [3.05, 3.63) is 71.8 Å². The summed E-state index contributed by atoms with van der Waals surface area (Å²) in [4.78, 5) is 0. The molecule has 0 unspecified atom stereocenters. The smallest absolute Gasteiger partial charge is 0.378 e. The Labute approximate surface area is 168 Å². The molecule has 5 heteroatoms. The molecule has 2 aromatic carbocycles. The van der Waals surface area contributed by atoms with Crippen LogP contribution in [0, 0.1) is 0 Å². The first kappa shape index (κ1) is 19.7. The van der Waals surface area contributed by atoms with Crippen LogP contribution in [-0.4, -0.2) is 31.1 Å². The number of nitrogens with one attached hydrogen (secondary N) is 1. The van der Waals surface area contributed by atoms with Gasteiger partial charge in [-0.3, -0.25) is 0 Å². The first-order chi connectivity index (χ1) is 13.4. The molecule has 2 aromatic rings. The van der Waals surface area contributed by atoms with Gasteiger partial charge in [0.1, 0.15) is 5.60 Å². The van der Waals surface area contributed by atoms with E-state index in [9.17, 15) is 0 Å². The van der Waals surface area contributed by atoms with Crippen molar-refractivity contribution in [2.45, 2.75) is 63.4 Å². The number of benzene rings is 2. The molecule has 0 radical (unpaired) electrons. The van der Waals surface area contributed by atoms with Crippen molar-refractivity contribution in [3.63, 3.8) is 0 Å².